The predicted molar refractivity (Wildman–Crippen MR) is 160 cm³/mol. The van der Waals surface area contributed by atoms with Gasteiger partial charge in [0.15, 0.2) is 11.9 Å². The smallest absolute Gasteiger partial charge is 0.323 e. The molecule has 7 N–H and O–H groups in total. The molecule has 14 heteroatoms. The van der Waals surface area contributed by atoms with Crippen molar-refractivity contribution in [2.75, 3.05) is 6.61 Å². The molecule has 236 valence electrons. The van der Waals surface area contributed by atoms with Crippen molar-refractivity contribution in [3.8, 4) is 6.07 Å². The Morgan fingerprint density at radius 3 is 2.52 bits per heavy atom. The van der Waals surface area contributed by atoms with E-state index < -0.39 is 59.9 Å². The summed E-state index contributed by atoms with van der Waals surface area (Å²) < 4.78 is 17.1. The molecule has 1 fully saturated rings. The fourth-order valence-electron chi connectivity index (χ4n) is 4.39. The molecule has 2 amide bonds. The van der Waals surface area contributed by atoms with Crippen LogP contribution in [0.1, 0.15) is 51.6 Å². The summed E-state index contributed by atoms with van der Waals surface area (Å²) in [6.45, 7) is 8.31. The van der Waals surface area contributed by atoms with Crippen LogP contribution in [0.5, 0.6) is 0 Å². The molecule has 1 aromatic carbocycles. The van der Waals surface area contributed by atoms with Crippen molar-refractivity contribution >= 4 is 30.1 Å². The number of carbonyl (C=O) groups excluding carboxylic acids is 3. The van der Waals surface area contributed by atoms with Crippen molar-refractivity contribution in [3.63, 3.8) is 0 Å². The number of hydrogen-bond donors (Lipinski definition) is 6. The van der Waals surface area contributed by atoms with Crippen molar-refractivity contribution in [1.82, 2.24) is 15.6 Å². The molecule has 0 aliphatic carbocycles. The number of ether oxygens (including phenoxy) is 3. The summed E-state index contributed by atoms with van der Waals surface area (Å²) in [5, 5.41) is 34.4. The lowest BCUT2D eigenvalue weighted by atomic mass is 9.87. The first-order valence-electron chi connectivity index (χ1n) is 14.0. The highest BCUT2D eigenvalue weighted by atomic mass is 16.6. The molecule has 14 nitrogen and oxygen atoms in total. The van der Waals surface area contributed by atoms with Gasteiger partial charge in [0.25, 0.3) is 0 Å². The van der Waals surface area contributed by atoms with Crippen molar-refractivity contribution in [1.29, 1.82) is 10.7 Å². The Morgan fingerprint density at radius 1 is 1.25 bits per heavy atom. The summed E-state index contributed by atoms with van der Waals surface area (Å²) in [6.07, 6.45) is -3.77. The van der Waals surface area contributed by atoms with Gasteiger partial charge in [-0.3, -0.25) is 20.3 Å². The molecular formula is C30H39N7O7. The normalized spacial score (nSPS) is 22.5. The monoisotopic (exact) mass is 609 g/mol. The number of aliphatic hydroxyl groups is 1. The molecule has 2 heterocycles. The number of aliphatic imine (C=N–C) groups is 1. The molecular weight excluding hydrogens is 570 g/mol. The van der Waals surface area contributed by atoms with E-state index >= 15 is 0 Å². The lowest BCUT2D eigenvalue weighted by Gasteiger charge is -2.28. The number of amidine groups is 1. The Bertz CT molecular complexity index is 1410. The minimum atomic E-state index is -2.12. The number of carbonyl (C=O) groups is 3. The van der Waals surface area contributed by atoms with Crippen molar-refractivity contribution in [2.45, 2.75) is 77.0 Å². The second-order valence-electron chi connectivity index (χ2n) is 11.7. The fourth-order valence-corrected chi connectivity index (χ4v) is 4.39. The van der Waals surface area contributed by atoms with Crippen molar-refractivity contribution < 1.29 is 33.7 Å². The molecule has 3 rings (SSSR count). The zero-order valence-corrected chi connectivity index (χ0v) is 25.3. The summed E-state index contributed by atoms with van der Waals surface area (Å²) in [5.41, 5.74) is 4.22. The van der Waals surface area contributed by atoms with Gasteiger partial charge in [0.05, 0.1) is 17.8 Å². The molecule has 1 aliphatic heterocycles. The zero-order valence-electron chi connectivity index (χ0n) is 25.3. The Labute approximate surface area is 255 Å². The second kappa shape index (κ2) is 14.3. The van der Waals surface area contributed by atoms with E-state index in [9.17, 15) is 24.8 Å². The molecule has 44 heavy (non-hydrogen) atoms. The Hall–Kier alpha value is -4.58. The molecule has 0 radical (unpaired) electrons. The van der Waals surface area contributed by atoms with Gasteiger partial charge in [-0.05, 0) is 37.0 Å². The number of nitrogens with two attached hydrogens (primary N) is 1. The van der Waals surface area contributed by atoms with Gasteiger partial charge < -0.3 is 35.4 Å². The topological polar surface area (TPSA) is 225 Å². The number of aromatic amines is 1. The van der Waals surface area contributed by atoms with E-state index in [-0.39, 0.29) is 29.7 Å². The van der Waals surface area contributed by atoms with Gasteiger partial charge >= 0.3 is 18.0 Å². The number of nitrogens with zero attached hydrogens (tertiary/aromatic N) is 2. The van der Waals surface area contributed by atoms with Crippen LogP contribution in [0.4, 0.5) is 4.79 Å². The van der Waals surface area contributed by atoms with Gasteiger partial charge in [-0.1, -0.05) is 51.1 Å². The van der Waals surface area contributed by atoms with Gasteiger partial charge in [0.2, 0.25) is 5.60 Å². The number of hydrogen-bond acceptors (Lipinski definition) is 10. The summed E-state index contributed by atoms with van der Waals surface area (Å²) in [4.78, 5) is 44.7. The number of aliphatic hydroxyl groups excluding tert-OH is 1. The highest BCUT2D eigenvalue weighted by molar-refractivity contribution is 6.08. The molecule has 0 saturated carbocycles. The number of urea groups is 1. The highest BCUT2D eigenvalue weighted by Crippen LogP contribution is 2.41. The predicted octanol–water partition coefficient (Wildman–Crippen LogP) is 1.63. The van der Waals surface area contributed by atoms with Gasteiger partial charge in [0.1, 0.15) is 37.3 Å². The first-order valence-corrected chi connectivity index (χ1v) is 14.0. The van der Waals surface area contributed by atoms with Crippen LogP contribution in [-0.4, -0.2) is 77.2 Å². The number of aromatic nitrogens is 1. The number of nitriles is 1. The highest BCUT2D eigenvalue weighted by Gasteiger charge is 2.59. The van der Waals surface area contributed by atoms with Crippen LogP contribution in [0.15, 0.2) is 47.5 Å². The van der Waals surface area contributed by atoms with Crippen LogP contribution in [0.3, 0.4) is 0 Å². The molecule has 0 spiro atoms. The minimum Gasteiger partial charge on any atom is -0.463 e. The average Bonchev–Trinajstić information content (AvgIpc) is 3.55. The SMILES string of the molecule is CC(C)NC(=O)NC(=NC=N)c1ccc([C@]2(C#N)O[C@H](COC(=O)Cc3ccccc3)[C@@H](OC(=O)[C@@H](N)C(C)(C)C)[C@H]2O)[nH]1. The summed E-state index contributed by atoms with van der Waals surface area (Å²) in [7, 11) is 0. The summed E-state index contributed by atoms with van der Waals surface area (Å²) >= 11 is 0. The molecule has 5 atom stereocenters. The van der Waals surface area contributed by atoms with Crippen LogP contribution < -0.4 is 16.4 Å². The van der Waals surface area contributed by atoms with E-state index in [0.29, 0.717) is 5.56 Å². The second-order valence-corrected chi connectivity index (χ2v) is 11.7. The average molecular weight is 610 g/mol. The lowest BCUT2D eigenvalue weighted by Crippen LogP contribution is -2.49. The quantitative estimate of drug-likeness (QED) is 0.131. The van der Waals surface area contributed by atoms with Gasteiger partial charge in [-0.15, -0.1) is 0 Å². The van der Waals surface area contributed by atoms with Gasteiger partial charge in [-0.25, -0.2) is 9.79 Å². The first kappa shape index (κ1) is 33.9. The molecule has 1 aliphatic rings. The number of nitrogens with one attached hydrogen (secondary N) is 4. The van der Waals surface area contributed by atoms with E-state index in [1.807, 2.05) is 12.1 Å². The van der Waals surface area contributed by atoms with Crippen LogP contribution in [-0.2, 0) is 35.8 Å². The number of rotatable bonds is 10. The third kappa shape index (κ3) is 8.07. The van der Waals surface area contributed by atoms with Crippen LogP contribution in [0.2, 0.25) is 0 Å². The standard InChI is InChI=1S/C30H39N7O7/c1-17(2)35-28(41)37-26(34-16-32)19-11-12-21(36-19)30(15-31)25(39)23(43-27(40)24(33)29(3,4)5)20(44-30)14-42-22(38)13-18-9-7-6-8-10-18/h6-12,16-17,20,23-25,36,39H,13-14,33H2,1-5H3,(H3,32,34,35,37,41)/t20-,23-,24-,25-,30+/m1/s1. The lowest BCUT2D eigenvalue weighted by molar-refractivity contribution is -0.163. The third-order valence-corrected chi connectivity index (χ3v) is 6.82. The Balaban J connectivity index is 1.91. The van der Waals surface area contributed by atoms with Crippen molar-refractivity contribution in [3.05, 3.63) is 59.4 Å². The third-order valence-electron chi connectivity index (χ3n) is 6.82. The molecule has 0 bridgehead atoms. The van der Waals surface area contributed by atoms with E-state index in [1.165, 1.54) is 12.1 Å². The molecule has 1 aromatic heterocycles. The Morgan fingerprint density at radius 2 is 1.93 bits per heavy atom. The zero-order chi connectivity index (χ0) is 32.7. The molecule has 2 aromatic rings. The maximum atomic E-state index is 13.0. The van der Waals surface area contributed by atoms with E-state index in [1.54, 1.807) is 58.9 Å². The van der Waals surface area contributed by atoms with Gasteiger partial charge in [0, 0.05) is 6.04 Å². The van der Waals surface area contributed by atoms with Crippen LogP contribution in [0.25, 0.3) is 0 Å². The molecule has 1 saturated heterocycles. The maximum Gasteiger partial charge on any atom is 0.323 e. The minimum absolute atomic E-state index is 0.0329. The van der Waals surface area contributed by atoms with Crippen molar-refractivity contribution in [2.24, 2.45) is 16.1 Å². The number of esters is 2. The number of benzene rings is 1. The number of H-pyrrole nitrogens is 1. The first-order chi connectivity index (χ1) is 20.7. The fraction of sp³-hybridized carbons (Fsp3) is 0.467. The largest absolute Gasteiger partial charge is 0.463 e. The van der Waals surface area contributed by atoms with E-state index in [4.69, 9.17) is 25.4 Å². The van der Waals surface area contributed by atoms with E-state index in [0.717, 1.165) is 6.34 Å². The van der Waals surface area contributed by atoms with Crippen LogP contribution in [0, 0.1) is 22.2 Å². The summed E-state index contributed by atoms with van der Waals surface area (Å²) in [6, 6.07) is 11.9. The number of amides is 2. The summed E-state index contributed by atoms with van der Waals surface area (Å²) in [5.74, 6) is -1.48. The van der Waals surface area contributed by atoms with E-state index in [2.05, 4.69) is 20.6 Å². The van der Waals surface area contributed by atoms with Gasteiger partial charge in [-0.2, -0.15) is 5.26 Å². The molecule has 0 unspecified atom stereocenters. The van der Waals surface area contributed by atoms with Crippen LogP contribution >= 0.6 is 0 Å². The Kier molecular flexibility index (Phi) is 11.0. The maximum absolute atomic E-state index is 13.0.